The molecule has 2 unspecified atom stereocenters. The molecule has 2 heterocycles. The number of carbonyl (C=O) groups excluding carboxylic acids is 1. The maximum absolute atomic E-state index is 12.7. The number of hydrogen-bond acceptors (Lipinski definition) is 6. The molecule has 2 aliphatic rings. The lowest BCUT2D eigenvalue weighted by Crippen LogP contribution is -2.44. The van der Waals surface area contributed by atoms with E-state index in [1.54, 1.807) is 17.0 Å². The third-order valence-corrected chi connectivity index (χ3v) is 9.66. The summed E-state index contributed by atoms with van der Waals surface area (Å²) in [4.78, 5) is 45.1. The quantitative estimate of drug-likeness (QED) is 0.127. The molecule has 3 aromatic rings. The molecule has 0 radical (unpaired) electrons. The number of aliphatic carboxylic acids is 1. The van der Waals surface area contributed by atoms with Crippen molar-refractivity contribution in [1.82, 2.24) is 9.80 Å². The zero-order valence-corrected chi connectivity index (χ0v) is 26.5. The van der Waals surface area contributed by atoms with E-state index in [2.05, 4.69) is 65.6 Å². The predicted octanol–water partition coefficient (Wildman–Crippen LogP) is 6.80. The number of nitro groups is 1. The van der Waals surface area contributed by atoms with Crippen molar-refractivity contribution in [1.29, 1.82) is 0 Å². The van der Waals surface area contributed by atoms with E-state index in [0.29, 0.717) is 48.5 Å². The predicted molar refractivity (Wildman–Crippen MR) is 179 cm³/mol. The number of aliphatic imine (C=N–C) groups is 1. The molecular weight excluding hydrogens is 580 g/mol. The average molecular weight is 623 g/mol. The van der Waals surface area contributed by atoms with E-state index in [1.165, 1.54) is 23.3 Å². The molecule has 0 saturated carbocycles. The van der Waals surface area contributed by atoms with E-state index in [0.717, 1.165) is 38.9 Å². The molecule has 0 spiro atoms. The van der Waals surface area contributed by atoms with Gasteiger partial charge in [-0.15, -0.1) is 0 Å². The maximum atomic E-state index is 12.7. The second kappa shape index (κ2) is 14.6. The molecule has 9 nitrogen and oxygen atoms in total. The minimum absolute atomic E-state index is 0.0460. The second-order valence-corrected chi connectivity index (χ2v) is 12.1. The largest absolute Gasteiger partial charge is 0.481 e. The van der Waals surface area contributed by atoms with E-state index in [4.69, 9.17) is 4.99 Å². The highest BCUT2D eigenvalue weighted by Gasteiger charge is 2.42. The standard InChI is InChI=1S/C37H42N4O5/c1-3-31-34(36(43)44)33(27-16-18-30(19-17-27)41(45)46)35(32(4-2)38-31)40(26-42)23-11-22-39-24-20-37(21-25-39,28-12-7-5-8-13-28)29-14-9-6-10-15-29/h5-10,12-19,26,33-34H,3-4,11,20-25H2,1-2H3,(H,43,44). The Morgan fingerprint density at radius 2 is 1.57 bits per heavy atom. The second-order valence-electron chi connectivity index (χ2n) is 12.1. The van der Waals surface area contributed by atoms with Crippen LogP contribution in [0.15, 0.2) is 101 Å². The van der Waals surface area contributed by atoms with Gasteiger partial charge in [-0.1, -0.05) is 86.6 Å². The summed E-state index contributed by atoms with van der Waals surface area (Å²) >= 11 is 0. The van der Waals surface area contributed by atoms with Crippen molar-refractivity contribution in [3.8, 4) is 0 Å². The number of carboxylic acids is 1. The highest BCUT2D eigenvalue weighted by Crippen LogP contribution is 2.43. The average Bonchev–Trinajstić information content (AvgIpc) is 3.10. The summed E-state index contributed by atoms with van der Waals surface area (Å²) in [6.07, 6.45) is 4.42. The Bertz CT molecular complexity index is 1540. The molecule has 46 heavy (non-hydrogen) atoms. The van der Waals surface area contributed by atoms with Gasteiger partial charge in [-0.2, -0.15) is 0 Å². The van der Waals surface area contributed by atoms with Crippen molar-refractivity contribution in [2.24, 2.45) is 10.9 Å². The van der Waals surface area contributed by atoms with Gasteiger partial charge in [0, 0.05) is 35.7 Å². The van der Waals surface area contributed by atoms with E-state index in [1.807, 2.05) is 13.8 Å². The summed E-state index contributed by atoms with van der Waals surface area (Å²) in [5.74, 6) is -2.71. The van der Waals surface area contributed by atoms with Crippen molar-refractivity contribution in [2.45, 2.75) is 57.3 Å². The first-order valence-corrected chi connectivity index (χ1v) is 16.2. The van der Waals surface area contributed by atoms with Crippen LogP contribution < -0.4 is 0 Å². The molecule has 240 valence electrons. The van der Waals surface area contributed by atoms with Crippen molar-refractivity contribution < 1.29 is 19.6 Å². The van der Waals surface area contributed by atoms with E-state index in [9.17, 15) is 24.8 Å². The van der Waals surface area contributed by atoms with Crippen molar-refractivity contribution in [3.05, 3.63) is 123 Å². The lowest BCUT2D eigenvalue weighted by Gasteiger charge is -2.43. The number of benzene rings is 3. The van der Waals surface area contributed by atoms with Crippen molar-refractivity contribution in [2.75, 3.05) is 26.2 Å². The molecule has 0 aliphatic carbocycles. The summed E-state index contributed by atoms with van der Waals surface area (Å²) in [6.45, 7) is 6.87. The lowest BCUT2D eigenvalue weighted by molar-refractivity contribution is -0.384. The number of allylic oxidation sites excluding steroid dienone is 2. The molecule has 2 atom stereocenters. The van der Waals surface area contributed by atoms with Crippen LogP contribution in [-0.4, -0.2) is 64.1 Å². The minimum atomic E-state index is -1.03. The van der Waals surface area contributed by atoms with Gasteiger partial charge in [0.1, 0.15) is 5.92 Å². The van der Waals surface area contributed by atoms with Crippen LogP contribution in [0.4, 0.5) is 5.69 Å². The summed E-state index contributed by atoms with van der Waals surface area (Å²) in [5.41, 5.74) is 4.95. The number of likely N-dealkylation sites (tertiary alicyclic amines) is 1. The van der Waals surface area contributed by atoms with Crippen LogP contribution in [0.3, 0.4) is 0 Å². The Hall–Kier alpha value is -4.63. The van der Waals surface area contributed by atoms with Gasteiger partial charge in [0.2, 0.25) is 6.41 Å². The highest BCUT2D eigenvalue weighted by molar-refractivity contribution is 6.04. The molecule has 5 rings (SSSR count). The number of carbonyl (C=O) groups is 2. The topological polar surface area (TPSA) is 116 Å². The van der Waals surface area contributed by atoms with Gasteiger partial charge < -0.3 is 14.9 Å². The van der Waals surface area contributed by atoms with E-state index < -0.39 is 22.7 Å². The fourth-order valence-electron chi connectivity index (χ4n) is 7.28. The molecule has 9 heteroatoms. The lowest BCUT2D eigenvalue weighted by atomic mass is 9.68. The van der Waals surface area contributed by atoms with Crippen LogP contribution in [0, 0.1) is 16.0 Å². The highest BCUT2D eigenvalue weighted by atomic mass is 16.6. The summed E-state index contributed by atoms with van der Waals surface area (Å²) < 4.78 is 0. The van der Waals surface area contributed by atoms with Crippen LogP contribution in [0.2, 0.25) is 0 Å². The third kappa shape index (κ3) is 6.65. The Morgan fingerprint density at radius 3 is 2.04 bits per heavy atom. The molecule has 1 N–H and O–H groups in total. The van der Waals surface area contributed by atoms with Crippen LogP contribution in [-0.2, 0) is 15.0 Å². The Morgan fingerprint density at radius 1 is 0.978 bits per heavy atom. The number of hydrogen-bond donors (Lipinski definition) is 1. The number of piperidine rings is 1. The summed E-state index contributed by atoms with van der Waals surface area (Å²) in [5, 5.41) is 21.7. The minimum Gasteiger partial charge on any atom is -0.481 e. The normalized spacial score (nSPS) is 19.7. The zero-order chi connectivity index (χ0) is 32.7. The smallest absolute Gasteiger partial charge is 0.313 e. The zero-order valence-electron chi connectivity index (χ0n) is 26.5. The van der Waals surface area contributed by atoms with Crippen LogP contribution in [0.1, 0.15) is 68.6 Å². The van der Waals surface area contributed by atoms with E-state index >= 15 is 0 Å². The van der Waals surface area contributed by atoms with E-state index in [-0.39, 0.29) is 11.1 Å². The van der Waals surface area contributed by atoms with Gasteiger partial charge in [0.05, 0.1) is 16.3 Å². The Balaban J connectivity index is 1.35. The molecule has 0 bridgehead atoms. The van der Waals surface area contributed by atoms with Crippen molar-refractivity contribution in [3.63, 3.8) is 0 Å². The van der Waals surface area contributed by atoms with Gasteiger partial charge in [0.15, 0.2) is 0 Å². The first-order chi connectivity index (χ1) is 22.3. The van der Waals surface area contributed by atoms with Crippen molar-refractivity contribution >= 4 is 23.8 Å². The number of nitro benzene ring substituents is 1. The third-order valence-electron chi connectivity index (χ3n) is 9.66. The summed E-state index contributed by atoms with van der Waals surface area (Å²) in [7, 11) is 0. The van der Waals surface area contributed by atoms with Gasteiger partial charge >= 0.3 is 5.97 Å². The molecular formula is C37H42N4O5. The van der Waals surface area contributed by atoms with Crippen LogP contribution in [0.5, 0.6) is 0 Å². The van der Waals surface area contributed by atoms with Gasteiger partial charge in [-0.05, 0) is 68.4 Å². The number of non-ortho nitro benzene ring substituents is 1. The SMILES string of the molecule is CCC1=NC(CC)=C(N(C=O)CCCN2CCC(c3ccccc3)(c3ccccc3)CC2)C(c2ccc([N+](=O)[O-])cc2)C1C(=O)O. The fourth-order valence-corrected chi connectivity index (χ4v) is 7.28. The Kier molecular flexibility index (Phi) is 10.4. The number of carboxylic acid groups (broad SMARTS) is 1. The molecule has 1 amide bonds. The number of amides is 1. The van der Waals surface area contributed by atoms with Gasteiger partial charge in [-0.3, -0.25) is 24.7 Å². The molecule has 1 fully saturated rings. The number of nitrogens with zero attached hydrogens (tertiary/aromatic N) is 4. The summed E-state index contributed by atoms with van der Waals surface area (Å²) in [6, 6.07) is 27.4. The van der Waals surface area contributed by atoms with Crippen LogP contribution in [0.25, 0.3) is 0 Å². The molecule has 1 saturated heterocycles. The Labute approximate surface area is 270 Å². The number of rotatable bonds is 13. The molecule has 2 aliphatic heterocycles. The monoisotopic (exact) mass is 622 g/mol. The molecule has 0 aromatic heterocycles. The van der Waals surface area contributed by atoms with Crippen LogP contribution >= 0.6 is 0 Å². The first kappa shape index (κ1) is 32.8. The van der Waals surface area contributed by atoms with Gasteiger partial charge in [0.25, 0.3) is 5.69 Å². The maximum Gasteiger partial charge on any atom is 0.313 e. The molecule has 3 aromatic carbocycles. The first-order valence-electron chi connectivity index (χ1n) is 16.2. The van der Waals surface area contributed by atoms with Gasteiger partial charge in [-0.25, -0.2) is 0 Å². The fraction of sp³-hybridized carbons (Fsp3) is 0.378.